The highest BCUT2D eigenvalue weighted by molar-refractivity contribution is 7.99. The van der Waals surface area contributed by atoms with E-state index in [9.17, 15) is 0 Å². The molecule has 0 saturated heterocycles. The fraction of sp³-hybridized carbons (Fsp3) is 0.286. The van der Waals surface area contributed by atoms with Crippen molar-refractivity contribution < 1.29 is 0 Å². The first-order valence-corrected chi connectivity index (χ1v) is 7.60. The van der Waals surface area contributed by atoms with Crippen LogP contribution in [-0.4, -0.2) is 0 Å². The smallest absolute Gasteiger partial charge is 0.0406 e. The molecule has 2 aromatic rings. The Morgan fingerprint density at radius 3 is 2.29 bits per heavy atom. The number of thiophene rings is 1. The van der Waals surface area contributed by atoms with Crippen molar-refractivity contribution in [3.63, 3.8) is 0 Å². The lowest BCUT2D eigenvalue weighted by Crippen LogP contribution is -2.10. The van der Waals surface area contributed by atoms with E-state index in [1.165, 1.54) is 15.4 Å². The highest BCUT2D eigenvalue weighted by atomic mass is 35.5. The predicted molar refractivity (Wildman–Crippen MR) is 78.6 cm³/mol. The lowest BCUT2D eigenvalue weighted by molar-refractivity contribution is 0.581. The molecule has 0 aliphatic carbocycles. The van der Waals surface area contributed by atoms with E-state index in [0.717, 1.165) is 5.02 Å². The Balaban J connectivity index is 2.25. The van der Waals surface area contributed by atoms with Gasteiger partial charge in [0.05, 0.1) is 0 Å². The number of benzene rings is 1. The molecule has 17 heavy (non-hydrogen) atoms. The molecular formula is C14H15ClS2. The van der Waals surface area contributed by atoms with E-state index >= 15 is 0 Å². The van der Waals surface area contributed by atoms with E-state index in [4.69, 9.17) is 11.6 Å². The second-order valence-electron chi connectivity index (χ2n) is 4.96. The zero-order valence-corrected chi connectivity index (χ0v) is 12.5. The predicted octanol–water partition coefficient (Wildman–Crippen LogP) is 5.85. The normalized spacial score (nSPS) is 11.8. The summed E-state index contributed by atoms with van der Waals surface area (Å²) in [6, 6.07) is 8.01. The molecule has 0 aliphatic rings. The minimum Gasteiger partial charge on any atom is -0.151 e. The van der Waals surface area contributed by atoms with Gasteiger partial charge in [0, 0.05) is 20.2 Å². The third-order valence-corrected chi connectivity index (χ3v) is 4.69. The van der Waals surface area contributed by atoms with Crippen LogP contribution in [0.1, 0.15) is 26.3 Å². The highest BCUT2D eigenvalue weighted by Crippen LogP contribution is 2.38. The van der Waals surface area contributed by atoms with Crippen molar-refractivity contribution in [3.05, 3.63) is 45.6 Å². The lowest BCUT2D eigenvalue weighted by atomic mass is 9.89. The van der Waals surface area contributed by atoms with Crippen molar-refractivity contribution in [3.8, 4) is 0 Å². The van der Waals surface area contributed by atoms with Crippen LogP contribution in [0.3, 0.4) is 0 Å². The van der Waals surface area contributed by atoms with Crippen molar-refractivity contribution in [2.45, 2.75) is 36.0 Å². The first-order chi connectivity index (χ1) is 7.97. The number of hydrogen-bond acceptors (Lipinski definition) is 2. The van der Waals surface area contributed by atoms with Gasteiger partial charge in [-0.05, 0) is 40.6 Å². The van der Waals surface area contributed by atoms with Gasteiger partial charge in [-0.3, -0.25) is 0 Å². The van der Waals surface area contributed by atoms with Crippen molar-refractivity contribution in [2.24, 2.45) is 0 Å². The van der Waals surface area contributed by atoms with Gasteiger partial charge in [0.25, 0.3) is 0 Å². The van der Waals surface area contributed by atoms with E-state index in [1.54, 1.807) is 11.3 Å². The maximum absolute atomic E-state index is 5.89. The maximum Gasteiger partial charge on any atom is 0.0406 e. The van der Waals surface area contributed by atoms with Gasteiger partial charge in [-0.15, -0.1) is 0 Å². The van der Waals surface area contributed by atoms with Crippen LogP contribution in [-0.2, 0) is 5.41 Å². The summed E-state index contributed by atoms with van der Waals surface area (Å²) in [5.74, 6) is 0. The van der Waals surface area contributed by atoms with Crippen molar-refractivity contribution in [1.29, 1.82) is 0 Å². The second-order valence-corrected chi connectivity index (χ2v) is 7.25. The summed E-state index contributed by atoms with van der Waals surface area (Å²) in [4.78, 5) is 2.59. The summed E-state index contributed by atoms with van der Waals surface area (Å²) in [6.07, 6.45) is 0. The largest absolute Gasteiger partial charge is 0.151 e. The van der Waals surface area contributed by atoms with Crippen LogP contribution in [0.5, 0.6) is 0 Å². The van der Waals surface area contributed by atoms with Gasteiger partial charge in [0.2, 0.25) is 0 Å². The Bertz CT molecular complexity index is 492. The topological polar surface area (TPSA) is 0 Å². The van der Waals surface area contributed by atoms with Crippen LogP contribution < -0.4 is 0 Å². The Morgan fingerprint density at radius 1 is 1.06 bits per heavy atom. The number of halogens is 1. The van der Waals surface area contributed by atoms with E-state index in [-0.39, 0.29) is 5.41 Å². The van der Waals surface area contributed by atoms with Crippen molar-refractivity contribution in [1.82, 2.24) is 0 Å². The van der Waals surface area contributed by atoms with Crippen LogP contribution >= 0.6 is 34.7 Å². The zero-order chi connectivity index (χ0) is 12.5. The molecule has 0 bridgehead atoms. The molecule has 0 radical (unpaired) electrons. The zero-order valence-electron chi connectivity index (χ0n) is 10.2. The molecule has 90 valence electrons. The van der Waals surface area contributed by atoms with Crippen LogP contribution in [0.25, 0.3) is 0 Å². The molecular weight excluding hydrogens is 268 g/mol. The summed E-state index contributed by atoms with van der Waals surface area (Å²) in [6.45, 7) is 6.75. The Hall–Kier alpha value is -0.440. The molecule has 1 aromatic carbocycles. The van der Waals surface area contributed by atoms with Gasteiger partial charge in [-0.2, -0.15) is 11.3 Å². The molecule has 0 saturated carbocycles. The van der Waals surface area contributed by atoms with Crippen LogP contribution in [0.2, 0.25) is 5.02 Å². The van der Waals surface area contributed by atoms with Gasteiger partial charge in [-0.1, -0.05) is 44.1 Å². The molecule has 0 atom stereocenters. The summed E-state index contributed by atoms with van der Waals surface area (Å²) >= 11 is 9.47. The number of rotatable bonds is 2. The summed E-state index contributed by atoms with van der Waals surface area (Å²) in [5, 5.41) is 5.26. The van der Waals surface area contributed by atoms with Crippen LogP contribution in [0.15, 0.2) is 44.8 Å². The molecule has 2 rings (SSSR count). The fourth-order valence-electron chi connectivity index (χ4n) is 1.54. The fourth-order valence-corrected chi connectivity index (χ4v) is 4.04. The van der Waals surface area contributed by atoms with Crippen LogP contribution in [0.4, 0.5) is 0 Å². The first-order valence-electron chi connectivity index (χ1n) is 5.47. The van der Waals surface area contributed by atoms with Gasteiger partial charge >= 0.3 is 0 Å². The first kappa shape index (κ1) is 13.0. The van der Waals surface area contributed by atoms with E-state index in [2.05, 4.69) is 43.7 Å². The molecule has 0 unspecified atom stereocenters. The Kier molecular flexibility index (Phi) is 3.86. The van der Waals surface area contributed by atoms with Crippen LogP contribution in [0, 0.1) is 0 Å². The second kappa shape index (κ2) is 5.05. The minimum absolute atomic E-state index is 0.203. The van der Waals surface area contributed by atoms with E-state index < -0.39 is 0 Å². The summed E-state index contributed by atoms with van der Waals surface area (Å²) in [7, 11) is 0. The van der Waals surface area contributed by atoms with Gasteiger partial charge in [-0.25, -0.2) is 0 Å². The molecule has 0 aliphatic heterocycles. The molecule has 0 spiro atoms. The third kappa shape index (κ3) is 3.27. The summed E-state index contributed by atoms with van der Waals surface area (Å²) < 4.78 is 0. The van der Waals surface area contributed by atoms with E-state index in [1.807, 2.05) is 23.9 Å². The SMILES string of the molecule is CC(C)(C)c1cscc1Sc1ccc(Cl)cc1. The highest BCUT2D eigenvalue weighted by Gasteiger charge is 2.19. The molecule has 0 nitrogen and oxygen atoms in total. The van der Waals surface area contributed by atoms with Crippen molar-refractivity contribution in [2.75, 3.05) is 0 Å². The molecule has 1 aromatic heterocycles. The Morgan fingerprint density at radius 2 is 1.71 bits per heavy atom. The molecule has 3 heteroatoms. The monoisotopic (exact) mass is 282 g/mol. The summed E-state index contributed by atoms with van der Waals surface area (Å²) in [5.41, 5.74) is 1.62. The van der Waals surface area contributed by atoms with Gasteiger partial charge in [0.15, 0.2) is 0 Å². The quantitative estimate of drug-likeness (QED) is 0.666. The third-order valence-electron chi connectivity index (χ3n) is 2.48. The van der Waals surface area contributed by atoms with E-state index in [0.29, 0.717) is 0 Å². The molecule has 0 fully saturated rings. The van der Waals surface area contributed by atoms with Gasteiger partial charge < -0.3 is 0 Å². The average Bonchev–Trinajstić information content (AvgIpc) is 2.69. The lowest BCUT2D eigenvalue weighted by Gasteiger charge is -2.19. The van der Waals surface area contributed by atoms with Gasteiger partial charge in [0.1, 0.15) is 0 Å². The molecule has 0 N–H and O–H groups in total. The minimum atomic E-state index is 0.203. The Labute approximate surface area is 116 Å². The van der Waals surface area contributed by atoms with Crippen molar-refractivity contribution >= 4 is 34.7 Å². The standard InChI is InChI=1S/C14H15ClS2/c1-14(2,3)12-8-16-9-13(12)17-11-6-4-10(15)5-7-11/h4-9H,1-3H3. The number of hydrogen-bond donors (Lipinski definition) is 0. The molecule has 1 heterocycles. The molecule has 0 amide bonds. The maximum atomic E-state index is 5.89. The average molecular weight is 283 g/mol.